The van der Waals surface area contributed by atoms with Crippen LogP contribution in [0, 0.1) is 9.62 Å². The Morgan fingerprint density at radius 3 is 3.00 bits per heavy atom. The predicted molar refractivity (Wildman–Crippen MR) is 70.2 cm³/mol. The lowest BCUT2D eigenvalue weighted by Crippen LogP contribution is -2.03. The summed E-state index contributed by atoms with van der Waals surface area (Å²) < 4.78 is 3.34. The van der Waals surface area contributed by atoms with E-state index in [1.165, 1.54) is 21.9 Å². The fourth-order valence-electron chi connectivity index (χ4n) is 1.74. The van der Waals surface area contributed by atoms with Gasteiger partial charge in [0, 0.05) is 17.0 Å². The lowest BCUT2D eigenvalue weighted by Gasteiger charge is -1.99. The van der Waals surface area contributed by atoms with Gasteiger partial charge in [0.05, 0.1) is 5.52 Å². The van der Waals surface area contributed by atoms with Crippen LogP contribution in [0.15, 0.2) is 18.2 Å². The highest BCUT2D eigenvalue weighted by Crippen LogP contribution is 2.32. The molecule has 0 radical (unpaired) electrons. The molecule has 4 heteroatoms. The van der Waals surface area contributed by atoms with E-state index in [0.717, 1.165) is 23.0 Å². The van der Waals surface area contributed by atoms with Gasteiger partial charge < -0.3 is 0 Å². The number of hydrogen-bond acceptors (Lipinski definition) is 1. The Labute approximate surface area is 107 Å². The minimum Gasteiger partial charge on any atom is -0.258 e. The van der Waals surface area contributed by atoms with E-state index in [4.69, 9.17) is 11.6 Å². The third-order valence-corrected chi connectivity index (χ3v) is 4.14. The van der Waals surface area contributed by atoms with Crippen molar-refractivity contribution < 1.29 is 0 Å². The van der Waals surface area contributed by atoms with Crippen molar-refractivity contribution >= 4 is 45.1 Å². The van der Waals surface area contributed by atoms with Gasteiger partial charge in [-0.15, -0.1) is 0 Å². The Balaban J connectivity index is 2.10. The zero-order valence-corrected chi connectivity index (χ0v) is 11.0. The summed E-state index contributed by atoms with van der Waals surface area (Å²) in [5, 5.41) is 6.55. The van der Waals surface area contributed by atoms with Crippen LogP contribution in [0.4, 0.5) is 0 Å². The highest BCUT2D eigenvalue weighted by molar-refractivity contribution is 14.1. The number of aromatic nitrogens is 2. The number of halogens is 2. The number of nitrogens with zero attached hydrogens (tertiary/aromatic N) is 2. The number of rotatable bonds is 2. The number of benzene rings is 1. The highest BCUT2D eigenvalue weighted by atomic mass is 127. The van der Waals surface area contributed by atoms with Gasteiger partial charge in [0.1, 0.15) is 3.70 Å². The van der Waals surface area contributed by atoms with Crippen molar-refractivity contribution in [2.24, 2.45) is 5.92 Å². The highest BCUT2D eigenvalue weighted by Gasteiger charge is 2.23. The Hall–Kier alpha value is -0.290. The largest absolute Gasteiger partial charge is 0.258 e. The molecule has 78 valence electrons. The van der Waals surface area contributed by atoms with E-state index >= 15 is 0 Å². The Morgan fingerprint density at radius 2 is 2.27 bits per heavy atom. The van der Waals surface area contributed by atoms with Crippen LogP contribution in [0.3, 0.4) is 0 Å². The Bertz CT molecular complexity index is 517. The SMILES string of the molecule is Clc1ccc2c(I)n(CC3CC3)nc2c1. The standard InChI is InChI=1S/C11H10ClIN2/c12-8-3-4-9-10(5-8)14-15(11(9)13)6-7-1-2-7/h3-5,7H,1-2,6H2. The summed E-state index contributed by atoms with van der Waals surface area (Å²) in [7, 11) is 0. The summed E-state index contributed by atoms with van der Waals surface area (Å²) in [6.45, 7) is 1.06. The molecule has 1 aliphatic carbocycles. The lowest BCUT2D eigenvalue weighted by molar-refractivity contribution is 0.557. The van der Waals surface area contributed by atoms with Crippen molar-refractivity contribution in [2.45, 2.75) is 19.4 Å². The summed E-state index contributed by atoms with van der Waals surface area (Å²) >= 11 is 8.31. The molecule has 0 aliphatic heterocycles. The first-order chi connectivity index (χ1) is 7.24. The van der Waals surface area contributed by atoms with Crippen molar-refractivity contribution in [3.05, 3.63) is 26.9 Å². The predicted octanol–water partition coefficient (Wildman–Crippen LogP) is 3.70. The van der Waals surface area contributed by atoms with Crippen LogP contribution < -0.4 is 0 Å². The van der Waals surface area contributed by atoms with E-state index in [-0.39, 0.29) is 0 Å². The summed E-state index contributed by atoms with van der Waals surface area (Å²) in [5.41, 5.74) is 1.01. The zero-order chi connectivity index (χ0) is 10.4. The molecule has 2 nitrogen and oxygen atoms in total. The molecular formula is C11H10ClIN2. The van der Waals surface area contributed by atoms with Gasteiger partial charge in [-0.05, 0) is 59.5 Å². The van der Waals surface area contributed by atoms with Crippen LogP contribution in [0.5, 0.6) is 0 Å². The lowest BCUT2D eigenvalue weighted by atomic mass is 10.3. The molecule has 1 heterocycles. The van der Waals surface area contributed by atoms with Crippen molar-refractivity contribution in [1.82, 2.24) is 9.78 Å². The monoisotopic (exact) mass is 332 g/mol. The first kappa shape index (κ1) is 9.90. The second-order valence-corrected chi connectivity index (χ2v) is 5.54. The summed E-state index contributed by atoms with van der Waals surface area (Å²) in [4.78, 5) is 0. The van der Waals surface area contributed by atoms with Gasteiger partial charge in [-0.3, -0.25) is 4.68 Å². The van der Waals surface area contributed by atoms with Crippen LogP contribution >= 0.6 is 34.2 Å². The Morgan fingerprint density at radius 1 is 1.47 bits per heavy atom. The molecule has 3 rings (SSSR count). The topological polar surface area (TPSA) is 17.8 Å². The molecule has 0 bridgehead atoms. The Kier molecular flexibility index (Phi) is 2.39. The molecule has 0 saturated heterocycles. The number of hydrogen-bond donors (Lipinski definition) is 0. The van der Waals surface area contributed by atoms with E-state index < -0.39 is 0 Å². The van der Waals surface area contributed by atoms with E-state index in [9.17, 15) is 0 Å². The van der Waals surface area contributed by atoms with Crippen molar-refractivity contribution in [2.75, 3.05) is 0 Å². The first-order valence-corrected chi connectivity index (χ1v) is 6.51. The number of fused-ring (bicyclic) bond motifs is 1. The maximum Gasteiger partial charge on any atom is 0.107 e. The van der Waals surface area contributed by atoms with E-state index in [0.29, 0.717) is 0 Å². The molecule has 0 amide bonds. The maximum atomic E-state index is 5.95. The normalized spacial score (nSPS) is 16.1. The molecule has 0 N–H and O–H groups in total. The van der Waals surface area contributed by atoms with Gasteiger partial charge in [0.25, 0.3) is 0 Å². The average molecular weight is 333 g/mol. The molecule has 0 atom stereocenters. The third-order valence-electron chi connectivity index (χ3n) is 2.77. The fourth-order valence-corrected chi connectivity index (χ4v) is 2.67. The third kappa shape index (κ3) is 1.87. The second kappa shape index (κ2) is 3.63. The maximum absolute atomic E-state index is 5.95. The molecule has 15 heavy (non-hydrogen) atoms. The molecule has 1 aromatic heterocycles. The first-order valence-electron chi connectivity index (χ1n) is 5.05. The molecule has 1 aromatic carbocycles. The van der Waals surface area contributed by atoms with Crippen molar-refractivity contribution in [3.63, 3.8) is 0 Å². The summed E-state index contributed by atoms with van der Waals surface area (Å²) in [6.07, 6.45) is 2.71. The van der Waals surface area contributed by atoms with Gasteiger partial charge in [-0.1, -0.05) is 11.6 Å². The van der Waals surface area contributed by atoms with Crippen LogP contribution in [0.25, 0.3) is 10.9 Å². The minimum atomic E-state index is 0.759. The average Bonchev–Trinajstić information content (AvgIpc) is 2.95. The molecule has 0 unspecified atom stereocenters. The molecule has 2 aromatic rings. The molecule has 0 spiro atoms. The van der Waals surface area contributed by atoms with Gasteiger partial charge in [-0.2, -0.15) is 5.10 Å². The van der Waals surface area contributed by atoms with Crippen LogP contribution in [-0.4, -0.2) is 9.78 Å². The zero-order valence-electron chi connectivity index (χ0n) is 8.08. The van der Waals surface area contributed by atoms with Crippen molar-refractivity contribution in [3.8, 4) is 0 Å². The van der Waals surface area contributed by atoms with Gasteiger partial charge in [0.15, 0.2) is 0 Å². The van der Waals surface area contributed by atoms with E-state index in [2.05, 4.69) is 38.4 Å². The van der Waals surface area contributed by atoms with Gasteiger partial charge in [-0.25, -0.2) is 0 Å². The molecule has 1 fully saturated rings. The van der Waals surface area contributed by atoms with Crippen LogP contribution in [0.1, 0.15) is 12.8 Å². The van der Waals surface area contributed by atoms with Gasteiger partial charge in [0.2, 0.25) is 0 Å². The summed E-state index contributed by atoms with van der Waals surface area (Å²) in [5.74, 6) is 0.850. The van der Waals surface area contributed by atoms with Crippen LogP contribution in [0.2, 0.25) is 5.02 Å². The van der Waals surface area contributed by atoms with E-state index in [1.807, 2.05) is 12.1 Å². The molecular weight excluding hydrogens is 322 g/mol. The van der Waals surface area contributed by atoms with E-state index in [1.54, 1.807) is 0 Å². The fraction of sp³-hybridized carbons (Fsp3) is 0.364. The second-order valence-electron chi connectivity index (χ2n) is 4.08. The van der Waals surface area contributed by atoms with Gasteiger partial charge >= 0.3 is 0 Å². The minimum absolute atomic E-state index is 0.759. The molecule has 1 saturated carbocycles. The molecule has 1 aliphatic rings. The summed E-state index contributed by atoms with van der Waals surface area (Å²) in [6, 6.07) is 5.91. The quantitative estimate of drug-likeness (QED) is 0.767. The van der Waals surface area contributed by atoms with Crippen molar-refractivity contribution in [1.29, 1.82) is 0 Å². The van der Waals surface area contributed by atoms with Crippen LogP contribution in [-0.2, 0) is 6.54 Å². The smallest absolute Gasteiger partial charge is 0.107 e.